The predicted octanol–water partition coefficient (Wildman–Crippen LogP) is 2.52. The first-order valence-corrected chi connectivity index (χ1v) is 12.5. The Balaban J connectivity index is 1.24. The third kappa shape index (κ3) is 3.54. The molecule has 1 spiro atoms. The second-order valence-corrected chi connectivity index (χ2v) is 10.4. The number of hydrogen-bond acceptors (Lipinski definition) is 5. The minimum atomic E-state index is -0.678. The third-order valence-corrected chi connectivity index (χ3v) is 7.92. The van der Waals surface area contributed by atoms with Gasteiger partial charge in [-0.05, 0) is 52.4 Å². The van der Waals surface area contributed by atoms with E-state index in [9.17, 15) is 14.7 Å². The number of aliphatic hydroxyl groups is 1. The summed E-state index contributed by atoms with van der Waals surface area (Å²) in [5.41, 5.74) is 3.71. The predicted molar refractivity (Wildman–Crippen MR) is 131 cm³/mol. The van der Waals surface area contributed by atoms with E-state index in [0.29, 0.717) is 43.0 Å². The lowest BCUT2D eigenvalue weighted by Crippen LogP contribution is -2.65. The molecule has 3 aromatic rings. The van der Waals surface area contributed by atoms with Gasteiger partial charge in [-0.15, -0.1) is 0 Å². The van der Waals surface area contributed by atoms with Crippen molar-refractivity contribution in [2.45, 2.75) is 43.9 Å². The monoisotopic (exact) mass is 523 g/mol. The van der Waals surface area contributed by atoms with Crippen molar-refractivity contribution in [3.05, 3.63) is 64.0 Å². The molecule has 34 heavy (non-hydrogen) atoms. The van der Waals surface area contributed by atoms with E-state index in [2.05, 4.69) is 38.4 Å². The maximum absolute atomic E-state index is 13.4. The minimum Gasteiger partial charge on any atom is -0.389 e. The normalized spacial score (nSPS) is 24.8. The molecule has 3 aliphatic rings. The molecule has 2 fully saturated rings. The number of carbonyl (C=O) groups excluding carboxylic acids is 2. The van der Waals surface area contributed by atoms with Crippen LogP contribution in [0.3, 0.4) is 0 Å². The molecule has 0 bridgehead atoms. The van der Waals surface area contributed by atoms with E-state index in [-0.39, 0.29) is 18.4 Å². The summed E-state index contributed by atoms with van der Waals surface area (Å²) in [5, 5.41) is 14.7. The molecule has 5 heterocycles. The number of rotatable bonds is 2. The molecular weight excluding hydrogens is 498 g/mol. The highest BCUT2D eigenvalue weighted by Crippen LogP contribution is 2.33. The first kappa shape index (κ1) is 21.8. The van der Waals surface area contributed by atoms with Crippen molar-refractivity contribution >= 4 is 39.1 Å². The standard InChI is InChI=1S/C25H26BrN5O3/c26-18-10-20(31-8-3-6-22(31)33)23-28-19(14-30(23)13-18)24(34)29-9-7-25(21(32)15-29)11-16-4-1-2-5-17(16)12-27-25/h1-2,4-5,10,13-14,21,27,32H,3,6-9,11-12,15H2/t21-,25+/m1/s1. The summed E-state index contributed by atoms with van der Waals surface area (Å²) >= 11 is 3.51. The smallest absolute Gasteiger partial charge is 0.274 e. The average Bonchev–Trinajstić information content (AvgIpc) is 3.46. The maximum atomic E-state index is 13.4. The van der Waals surface area contributed by atoms with E-state index in [1.54, 1.807) is 20.4 Å². The number of aliphatic hydroxyl groups excluding tert-OH is 1. The number of amides is 2. The molecule has 0 aliphatic carbocycles. The van der Waals surface area contributed by atoms with Gasteiger partial charge >= 0.3 is 0 Å². The number of nitrogens with zero attached hydrogens (tertiary/aromatic N) is 4. The van der Waals surface area contributed by atoms with Crippen molar-refractivity contribution < 1.29 is 14.7 Å². The van der Waals surface area contributed by atoms with E-state index >= 15 is 0 Å². The number of carbonyl (C=O) groups is 2. The summed E-state index contributed by atoms with van der Waals surface area (Å²) in [7, 11) is 0. The second-order valence-electron chi connectivity index (χ2n) is 9.52. The van der Waals surface area contributed by atoms with Gasteiger partial charge in [0.05, 0.1) is 17.3 Å². The Morgan fingerprint density at radius 1 is 1.21 bits per heavy atom. The van der Waals surface area contributed by atoms with Crippen molar-refractivity contribution in [3.8, 4) is 0 Å². The number of imidazole rings is 1. The Morgan fingerprint density at radius 2 is 2.03 bits per heavy atom. The Morgan fingerprint density at radius 3 is 2.79 bits per heavy atom. The summed E-state index contributed by atoms with van der Waals surface area (Å²) in [5.74, 6) is -0.134. The van der Waals surface area contributed by atoms with Gasteiger partial charge in [-0.2, -0.15) is 0 Å². The number of anilines is 1. The molecule has 0 unspecified atom stereocenters. The number of halogens is 1. The zero-order valence-corrected chi connectivity index (χ0v) is 20.3. The van der Waals surface area contributed by atoms with Crippen LogP contribution in [0, 0.1) is 0 Å². The molecule has 1 aromatic carbocycles. The van der Waals surface area contributed by atoms with Gasteiger partial charge in [0.25, 0.3) is 5.91 Å². The Bertz CT molecular complexity index is 1310. The van der Waals surface area contributed by atoms with Crippen LogP contribution in [0.25, 0.3) is 5.65 Å². The topological polar surface area (TPSA) is 90.2 Å². The fraction of sp³-hybridized carbons (Fsp3) is 0.400. The first-order valence-electron chi connectivity index (χ1n) is 11.7. The number of nitrogens with one attached hydrogen (secondary N) is 1. The Kier molecular flexibility index (Phi) is 5.24. The molecule has 2 aromatic heterocycles. The van der Waals surface area contributed by atoms with Gasteiger partial charge in [0.2, 0.25) is 5.91 Å². The summed E-state index contributed by atoms with van der Waals surface area (Å²) in [6, 6.07) is 10.2. The molecular formula is C25H26BrN5O3. The molecule has 2 N–H and O–H groups in total. The lowest BCUT2D eigenvalue weighted by atomic mass is 9.76. The van der Waals surface area contributed by atoms with E-state index < -0.39 is 11.6 Å². The minimum absolute atomic E-state index is 0.0712. The number of hydrogen-bond donors (Lipinski definition) is 2. The van der Waals surface area contributed by atoms with Gasteiger partial charge in [0.15, 0.2) is 5.65 Å². The van der Waals surface area contributed by atoms with Gasteiger partial charge in [0.1, 0.15) is 5.69 Å². The SMILES string of the molecule is O=C(c1cn2cc(Br)cc(N3CCCC3=O)c2n1)N1CC[C@]2(Cc3ccccc3CN2)[C@H](O)C1. The van der Waals surface area contributed by atoms with E-state index in [1.165, 1.54) is 11.1 Å². The molecule has 2 amide bonds. The number of piperidine rings is 1. The molecule has 0 radical (unpaired) electrons. The van der Waals surface area contributed by atoms with Crippen LogP contribution in [0.15, 0.2) is 47.2 Å². The van der Waals surface area contributed by atoms with Crippen LogP contribution in [-0.2, 0) is 17.8 Å². The molecule has 176 valence electrons. The Labute approximate surface area is 205 Å². The van der Waals surface area contributed by atoms with Crippen LogP contribution in [0.5, 0.6) is 0 Å². The fourth-order valence-electron chi connectivity index (χ4n) is 5.56. The number of benzene rings is 1. The fourth-order valence-corrected chi connectivity index (χ4v) is 6.00. The summed E-state index contributed by atoms with van der Waals surface area (Å²) in [6.07, 6.45) is 5.63. The van der Waals surface area contributed by atoms with E-state index in [1.807, 2.05) is 24.4 Å². The van der Waals surface area contributed by atoms with Crippen LogP contribution < -0.4 is 10.2 Å². The Hall–Kier alpha value is -2.75. The molecule has 0 saturated carbocycles. The van der Waals surface area contributed by atoms with Gasteiger partial charge in [-0.3, -0.25) is 9.59 Å². The second kappa shape index (κ2) is 8.18. The van der Waals surface area contributed by atoms with Crippen LogP contribution in [0.2, 0.25) is 0 Å². The van der Waals surface area contributed by atoms with Crippen molar-refractivity contribution in [1.29, 1.82) is 0 Å². The number of β-amino-alcohol motifs (C(OH)–C–C–N with tert-alkyl or cyclic N) is 1. The quantitative estimate of drug-likeness (QED) is 0.538. The summed E-state index contributed by atoms with van der Waals surface area (Å²) in [6.45, 7) is 2.17. The lowest BCUT2D eigenvalue weighted by Gasteiger charge is -2.48. The maximum Gasteiger partial charge on any atom is 0.274 e. The molecule has 8 nitrogen and oxygen atoms in total. The van der Waals surface area contributed by atoms with Crippen molar-refractivity contribution in [2.24, 2.45) is 0 Å². The molecule has 2 saturated heterocycles. The van der Waals surface area contributed by atoms with Crippen LogP contribution >= 0.6 is 15.9 Å². The van der Waals surface area contributed by atoms with E-state index in [0.717, 1.165) is 23.9 Å². The van der Waals surface area contributed by atoms with Crippen molar-refractivity contribution in [3.63, 3.8) is 0 Å². The van der Waals surface area contributed by atoms with E-state index in [4.69, 9.17) is 0 Å². The highest BCUT2D eigenvalue weighted by Gasteiger charge is 2.45. The van der Waals surface area contributed by atoms with Crippen LogP contribution in [0.4, 0.5) is 5.69 Å². The molecule has 9 heteroatoms. The number of likely N-dealkylation sites (tertiary alicyclic amines) is 1. The molecule has 6 rings (SSSR count). The summed E-state index contributed by atoms with van der Waals surface area (Å²) < 4.78 is 2.60. The number of fused-ring (bicyclic) bond motifs is 2. The zero-order valence-electron chi connectivity index (χ0n) is 18.7. The van der Waals surface area contributed by atoms with Gasteiger partial charge in [0, 0.05) is 49.5 Å². The number of pyridine rings is 1. The average molecular weight is 524 g/mol. The van der Waals surface area contributed by atoms with Crippen molar-refractivity contribution in [2.75, 3.05) is 24.5 Å². The largest absolute Gasteiger partial charge is 0.389 e. The third-order valence-electron chi connectivity index (χ3n) is 7.48. The highest BCUT2D eigenvalue weighted by atomic mass is 79.9. The van der Waals surface area contributed by atoms with Crippen LogP contribution in [0.1, 0.15) is 40.9 Å². The first-order chi connectivity index (χ1) is 16.4. The van der Waals surface area contributed by atoms with Crippen LogP contribution in [-0.4, -0.2) is 62.5 Å². The number of aromatic nitrogens is 2. The highest BCUT2D eigenvalue weighted by molar-refractivity contribution is 9.10. The lowest BCUT2D eigenvalue weighted by molar-refractivity contribution is -0.117. The van der Waals surface area contributed by atoms with Gasteiger partial charge in [-0.1, -0.05) is 24.3 Å². The molecule has 3 aliphatic heterocycles. The molecule has 2 atom stereocenters. The van der Waals surface area contributed by atoms with Crippen molar-refractivity contribution in [1.82, 2.24) is 19.6 Å². The zero-order chi connectivity index (χ0) is 23.4. The summed E-state index contributed by atoms with van der Waals surface area (Å²) in [4.78, 5) is 33.8. The van der Waals surface area contributed by atoms with Gasteiger partial charge in [-0.25, -0.2) is 4.98 Å². The van der Waals surface area contributed by atoms with Gasteiger partial charge < -0.3 is 24.6 Å².